The van der Waals surface area contributed by atoms with Gasteiger partial charge in [-0.25, -0.2) is 0 Å². The van der Waals surface area contributed by atoms with Crippen LogP contribution in [0.15, 0.2) is 47.2 Å². The van der Waals surface area contributed by atoms with Crippen LogP contribution in [0.1, 0.15) is 47.4 Å². The minimum atomic E-state index is -0.0922. The standard InChI is InChI=1S/C20H21N3OS/c1-2-23-19(15-10-11-25-13-15)12-18(22-23)20(24)21-17-9-5-7-14-6-3-4-8-16(14)17/h3-4,6,8,10-13,17H,2,5,7,9H2,1H3,(H,21,24)/t17-/m0/s1. The van der Waals surface area contributed by atoms with Crippen LogP contribution < -0.4 is 5.32 Å². The zero-order chi connectivity index (χ0) is 17.2. The summed E-state index contributed by atoms with van der Waals surface area (Å²) in [7, 11) is 0. The van der Waals surface area contributed by atoms with Gasteiger partial charge in [0.15, 0.2) is 5.69 Å². The summed E-state index contributed by atoms with van der Waals surface area (Å²) in [6, 6.07) is 12.4. The fourth-order valence-electron chi connectivity index (χ4n) is 3.55. The minimum absolute atomic E-state index is 0.0776. The van der Waals surface area contributed by atoms with Crippen molar-refractivity contribution in [3.63, 3.8) is 0 Å². The van der Waals surface area contributed by atoms with Crippen LogP contribution in [0.25, 0.3) is 11.3 Å². The summed E-state index contributed by atoms with van der Waals surface area (Å²) < 4.78 is 1.89. The molecule has 0 saturated heterocycles. The molecule has 3 aromatic rings. The first kappa shape index (κ1) is 16.1. The maximum Gasteiger partial charge on any atom is 0.272 e. The number of amides is 1. The average Bonchev–Trinajstić information content (AvgIpc) is 3.31. The monoisotopic (exact) mass is 351 g/mol. The Hall–Kier alpha value is -2.40. The molecule has 1 aliphatic rings. The Morgan fingerprint density at radius 2 is 2.24 bits per heavy atom. The minimum Gasteiger partial charge on any atom is -0.344 e. The number of aryl methyl sites for hydroxylation is 2. The van der Waals surface area contributed by atoms with Gasteiger partial charge in [0.05, 0.1) is 11.7 Å². The Kier molecular flexibility index (Phi) is 4.40. The zero-order valence-electron chi connectivity index (χ0n) is 14.2. The molecule has 2 aromatic heterocycles. The molecule has 2 heterocycles. The number of hydrogen-bond donors (Lipinski definition) is 1. The number of nitrogens with one attached hydrogen (secondary N) is 1. The fourth-order valence-corrected chi connectivity index (χ4v) is 4.20. The van der Waals surface area contributed by atoms with Gasteiger partial charge in [-0.05, 0) is 54.8 Å². The predicted octanol–water partition coefficient (Wildman–Crippen LogP) is 4.44. The molecule has 0 saturated carbocycles. The Morgan fingerprint density at radius 3 is 3.04 bits per heavy atom. The lowest BCUT2D eigenvalue weighted by Gasteiger charge is -2.26. The van der Waals surface area contributed by atoms with Crippen molar-refractivity contribution in [3.05, 3.63) is 64.0 Å². The third-order valence-electron chi connectivity index (χ3n) is 4.80. The normalized spacial score (nSPS) is 16.4. The smallest absolute Gasteiger partial charge is 0.272 e. The molecule has 4 nitrogen and oxygen atoms in total. The molecule has 0 radical (unpaired) electrons. The van der Waals surface area contributed by atoms with E-state index in [4.69, 9.17) is 0 Å². The van der Waals surface area contributed by atoms with Crippen LogP contribution in [-0.4, -0.2) is 15.7 Å². The van der Waals surface area contributed by atoms with E-state index < -0.39 is 0 Å². The zero-order valence-corrected chi connectivity index (χ0v) is 15.1. The van der Waals surface area contributed by atoms with Gasteiger partial charge >= 0.3 is 0 Å². The Balaban J connectivity index is 1.58. The van der Waals surface area contributed by atoms with Crippen LogP contribution in [0, 0.1) is 0 Å². The topological polar surface area (TPSA) is 46.9 Å². The molecule has 1 atom stereocenters. The van der Waals surface area contributed by atoms with E-state index in [9.17, 15) is 4.79 Å². The van der Waals surface area contributed by atoms with Crippen LogP contribution in [0.2, 0.25) is 0 Å². The highest BCUT2D eigenvalue weighted by atomic mass is 32.1. The van der Waals surface area contributed by atoms with Crippen LogP contribution in [0.4, 0.5) is 0 Å². The largest absolute Gasteiger partial charge is 0.344 e. The molecule has 1 N–H and O–H groups in total. The number of carbonyl (C=O) groups excluding carboxylic acids is 1. The second kappa shape index (κ2) is 6.84. The van der Waals surface area contributed by atoms with Gasteiger partial charge < -0.3 is 5.32 Å². The summed E-state index contributed by atoms with van der Waals surface area (Å²) in [6.45, 7) is 2.78. The maximum atomic E-state index is 12.8. The number of thiophene rings is 1. The van der Waals surface area contributed by atoms with Crippen molar-refractivity contribution in [2.24, 2.45) is 0 Å². The molecular formula is C20H21N3OS. The summed E-state index contributed by atoms with van der Waals surface area (Å²) in [6.07, 6.45) is 3.18. The fraction of sp³-hybridized carbons (Fsp3) is 0.300. The average molecular weight is 351 g/mol. The molecular weight excluding hydrogens is 330 g/mol. The number of rotatable bonds is 4. The maximum absolute atomic E-state index is 12.8. The van der Waals surface area contributed by atoms with E-state index in [1.807, 2.05) is 29.1 Å². The van der Waals surface area contributed by atoms with Gasteiger partial charge in [-0.1, -0.05) is 24.3 Å². The number of hydrogen-bond acceptors (Lipinski definition) is 3. The van der Waals surface area contributed by atoms with Crippen molar-refractivity contribution < 1.29 is 4.79 Å². The lowest BCUT2D eigenvalue weighted by molar-refractivity contribution is 0.0927. The second-order valence-electron chi connectivity index (χ2n) is 6.36. The number of aromatic nitrogens is 2. The lowest BCUT2D eigenvalue weighted by atomic mass is 9.87. The summed E-state index contributed by atoms with van der Waals surface area (Å²) in [5.41, 5.74) is 5.19. The number of carbonyl (C=O) groups is 1. The quantitative estimate of drug-likeness (QED) is 0.755. The molecule has 0 bridgehead atoms. The molecule has 1 aromatic carbocycles. The SMILES string of the molecule is CCn1nc(C(=O)N[C@H]2CCCc3ccccc32)cc1-c1ccsc1. The molecule has 5 heteroatoms. The summed E-state index contributed by atoms with van der Waals surface area (Å²) in [5, 5.41) is 11.8. The highest BCUT2D eigenvalue weighted by Crippen LogP contribution is 2.30. The molecule has 128 valence electrons. The Labute approximate surface area is 151 Å². The highest BCUT2D eigenvalue weighted by Gasteiger charge is 2.23. The molecule has 0 unspecified atom stereocenters. The van der Waals surface area contributed by atoms with Gasteiger partial charge in [0.1, 0.15) is 0 Å². The first-order valence-corrected chi connectivity index (χ1v) is 9.69. The van der Waals surface area contributed by atoms with Gasteiger partial charge in [-0.2, -0.15) is 16.4 Å². The van der Waals surface area contributed by atoms with Gasteiger partial charge in [0.2, 0.25) is 0 Å². The first-order valence-electron chi connectivity index (χ1n) is 8.75. The van der Waals surface area contributed by atoms with Crippen molar-refractivity contribution >= 4 is 17.2 Å². The van der Waals surface area contributed by atoms with E-state index in [-0.39, 0.29) is 11.9 Å². The molecule has 0 aliphatic heterocycles. The lowest BCUT2D eigenvalue weighted by Crippen LogP contribution is -2.31. The van der Waals surface area contributed by atoms with Gasteiger partial charge in [-0.3, -0.25) is 9.48 Å². The van der Waals surface area contributed by atoms with Crippen molar-refractivity contribution in [2.45, 2.75) is 38.8 Å². The number of benzene rings is 1. The molecule has 4 rings (SSSR count). The van der Waals surface area contributed by atoms with Gasteiger partial charge in [0, 0.05) is 17.5 Å². The van der Waals surface area contributed by atoms with Crippen LogP contribution in [0.5, 0.6) is 0 Å². The second-order valence-corrected chi connectivity index (χ2v) is 7.14. The van der Waals surface area contributed by atoms with E-state index >= 15 is 0 Å². The molecule has 1 aliphatic carbocycles. The Morgan fingerprint density at radius 1 is 1.36 bits per heavy atom. The van der Waals surface area contributed by atoms with E-state index in [0.29, 0.717) is 5.69 Å². The highest BCUT2D eigenvalue weighted by molar-refractivity contribution is 7.08. The van der Waals surface area contributed by atoms with E-state index in [1.165, 1.54) is 11.1 Å². The van der Waals surface area contributed by atoms with Crippen molar-refractivity contribution in [2.75, 3.05) is 0 Å². The number of nitrogens with zero attached hydrogens (tertiary/aromatic N) is 2. The van der Waals surface area contributed by atoms with E-state index in [0.717, 1.165) is 37.1 Å². The van der Waals surface area contributed by atoms with Crippen LogP contribution >= 0.6 is 11.3 Å². The van der Waals surface area contributed by atoms with E-state index in [2.05, 4.69) is 40.1 Å². The Bertz CT molecular complexity index is 882. The number of fused-ring (bicyclic) bond motifs is 1. The summed E-state index contributed by atoms with van der Waals surface area (Å²) >= 11 is 1.65. The van der Waals surface area contributed by atoms with Crippen molar-refractivity contribution in [1.82, 2.24) is 15.1 Å². The predicted molar refractivity (Wildman–Crippen MR) is 101 cm³/mol. The van der Waals surface area contributed by atoms with Crippen molar-refractivity contribution in [3.8, 4) is 11.3 Å². The molecule has 1 amide bonds. The van der Waals surface area contributed by atoms with Gasteiger partial charge in [0.25, 0.3) is 5.91 Å². The summed E-state index contributed by atoms with van der Waals surface area (Å²) in [4.78, 5) is 12.8. The third kappa shape index (κ3) is 3.12. The third-order valence-corrected chi connectivity index (χ3v) is 5.49. The van der Waals surface area contributed by atoms with Crippen molar-refractivity contribution in [1.29, 1.82) is 0 Å². The molecule has 0 spiro atoms. The first-order chi connectivity index (χ1) is 12.3. The van der Waals surface area contributed by atoms with Crippen LogP contribution in [-0.2, 0) is 13.0 Å². The summed E-state index contributed by atoms with van der Waals surface area (Å²) in [5.74, 6) is -0.0922. The van der Waals surface area contributed by atoms with Crippen LogP contribution in [0.3, 0.4) is 0 Å². The molecule has 25 heavy (non-hydrogen) atoms. The van der Waals surface area contributed by atoms with Gasteiger partial charge in [-0.15, -0.1) is 0 Å². The molecule has 0 fully saturated rings. The van der Waals surface area contributed by atoms with E-state index in [1.54, 1.807) is 11.3 Å².